The van der Waals surface area contributed by atoms with Gasteiger partial charge in [0.25, 0.3) is 0 Å². The Kier molecular flexibility index (Phi) is 27.5. The molecule has 1 amide bonds. The second-order valence-corrected chi connectivity index (χ2v) is 20.2. The van der Waals surface area contributed by atoms with Gasteiger partial charge in [-0.25, -0.2) is 9.97 Å². The van der Waals surface area contributed by atoms with E-state index in [1.54, 1.807) is 11.3 Å². The van der Waals surface area contributed by atoms with Crippen LogP contribution >= 0.6 is 11.3 Å². The lowest BCUT2D eigenvalue weighted by Crippen LogP contribution is -2.44. The number of aryl methyl sites for hydroxylation is 1. The predicted octanol–water partition coefficient (Wildman–Crippen LogP) is 16.2. The number of fused-ring (bicyclic) bond motifs is 3. The molecule has 2 heterocycles. The molecular weight excluding hydrogens is 767 g/mol. The fourth-order valence-electron chi connectivity index (χ4n) is 9.91. The molecule has 1 aliphatic carbocycles. The zero-order chi connectivity index (χ0) is 43.2. The highest BCUT2D eigenvalue weighted by Crippen LogP contribution is 2.34. The second-order valence-electron chi connectivity index (χ2n) is 19.1. The van der Waals surface area contributed by atoms with Gasteiger partial charge in [0.15, 0.2) is 5.82 Å². The Morgan fingerprint density at radius 1 is 0.590 bits per heavy atom. The van der Waals surface area contributed by atoms with Crippen LogP contribution in [-0.2, 0) is 11.2 Å². The number of para-hydroxylation sites is 1. The van der Waals surface area contributed by atoms with Gasteiger partial charge in [0.2, 0.25) is 5.91 Å². The van der Waals surface area contributed by atoms with E-state index >= 15 is 0 Å². The number of amides is 1. The summed E-state index contributed by atoms with van der Waals surface area (Å²) < 4.78 is 1.14. The van der Waals surface area contributed by atoms with Gasteiger partial charge in [-0.1, -0.05) is 187 Å². The van der Waals surface area contributed by atoms with E-state index in [1.807, 2.05) is 12.1 Å². The highest BCUT2D eigenvalue weighted by Gasteiger charge is 2.27. The van der Waals surface area contributed by atoms with Gasteiger partial charge in [0.05, 0.1) is 15.2 Å². The number of thiazole rings is 1. The van der Waals surface area contributed by atoms with Gasteiger partial charge in [0.1, 0.15) is 5.52 Å². The number of pyridine rings is 1. The molecule has 1 aromatic carbocycles. The first-order valence-corrected chi connectivity index (χ1v) is 27.3. The molecule has 1 aliphatic rings. The van der Waals surface area contributed by atoms with E-state index in [1.165, 1.54) is 206 Å². The number of benzene rings is 1. The SMILES string of the molecule is CCCCCCCCCCCCCCN(C)[C@H]1CC[C@@H](N(CCCCCCCCCCCCCC)CCCCCC(=O)Nc2nc3ccccc3c3sc(CCC)nc23)CC1. The number of hydrogen-bond donors (Lipinski definition) is 1. The number of hydrogen-bond acceptors (Lipinski definition) is 6. The molecule has 0 spiro atoms. The van der Waals surface area contributed by atoms with Gasteiger partial charge in [-0.15, -0.1) is 11.3 Å². The Bertz CT molecular complexity index is 1550. The topological polar surface area (TPSA) is 61.4 Å². The fraction of sp³-hybridized carbons (Fsp3) is 0.796. The highest BCUT2D eigenvalue weighted by atomic mass is 32.1. The summed E-state index contributed by atoms with van der Waals surface area (Å²) in [5.41, 5.74) is 1.77. The molecule has 0 unspecified atom stereocenters. The lowest BCUT2D eigenvalue weighted by Gasteiger charge is -2.40. The fourth-order valence-corrected chi connectivity index (χ4v) is 11.1. The van der Waals surface area contributed by atoms with Gasteiger partial charge in [-0.05, 0) is 97.0 Å². The third-order valence-corrected chi connectivity index (χ3v) is 15.0. The number of carbonyl (C=O) groups is 1. The second kappa shape index (κ2) is 32.5. The van der Waals surface area contributed by atoms with Gasteiger partial charge in [-0.2, -0.15) is 0 Å². The van der Waals surface area contributed by atoms with Crippen LogP contribution in [0.15, 0.2) is 24.3 Å². The van der Waals surface area contributed by atoms with Crippen molar-refractivity contribution in [3.05, 3.63) is 29.3 Å². The molecule has 346 valence electrons. The van der Waals surface area contributed by atoms with E-state index in [9.17, 15) is 4.79 Å². The molecule has 0 radical (unpaired) electrons. The Morgan fingerprint density at radius 2 is 1.07 bits per heavy atom. The third-order valence-electron chi connectivity index (χ3n) is 13.8. The Hall–Kier alpha value is -2.09. The number of carbonyl (C=O) groups excluding carboxylic acids is 1. The molecule has 1 N–H and O–H groups in total. The number of anilines is 1. The van der Waals surface area contributed by atoms with E-state index in [-0.39, 0.29) is 5.91 Å². The quantitative estimate of drug-likeness (QED) is 0.0585. The Balaban J connectivity index is 1.16. The maximum absolute atomic E-state index is 13.3. The van der Waals surface area contributed by atoms with E-state index in [4.69, 9.17) is 9.97 Å². The maximum atomic E-state index is 13.3. The average molecular weight is 860 g/mol. The van der Waals surface area contributed by atoms with Crippen molar-refractivity contribution < 1.29 is 4.79 Å². The zero-order valence-electron chi connectivity index (χ0n) is 40.2. The largest absolute Gasteiger partial charge is 0.309 e. The smallest absolute Gasteiger partial charge is 0.225 e. The van der Waals surface area contributed by atoms with Crippen molar-refractivity contribution in [3.8, 4) is 0 Å². The van der Waals surface area contributed by atoms with Gasteiger partial charge >= 0.3 is 0 Å². The van der Waals surface area contributed by atoms with E-state index in [2.05, 4.69) is 55.1 Å². The number of nitrogens with one attached hydrogen (secondary N) is 1. The number of rotatable bonds is 37. The molecule has 7 heteroatoms. The number of unbranched alkanes of at least 4 members (excludes halogenated alkanes) is 24. The van der Waals surface area contributed by atoms with Crippen molar-refractivity contribution in [2.75, 3.05) is 32.0 Å². The van der Waals surface area contributed by atoms with Crippen LogP contribution in [0.4, 0.5) is 5.82 Å². The van der Waals surface area contributed by atoms with Crippen LogP contribution in [0, 0.1) is 0 Å². The molecule has 0 aliphatic heterocycles. The van der Waals surface area contributed by atoms with Crippen LogP contribution < -0.4 is 5.32 Å². The molecule has 61 heavy (non-hydrogen) atoms. The number of aromatic nitrogens is 2. The first-order valence-electron chi connectivity index (χ1n) is 26.5. The van der Waals surface area contributed by atoms with Gasteiger partial charge < -0.3 is 15.1 Å². The monoisotopic (exact) mass is 860 g/mol. The molecule has 1 saturated carbocycles. The molecule has 0 saturated heterocycles. The summed E-state index contributed by atoms with van der Waals surface area (Å²) in [6.45, 7) is 10.5. The molecule has 2 aromatic heterocycles. The third kappa shape index (κ3) is 20.5. The van der Waals surface area contributed by atoms with Gasteiger partial charge in [0, 0.05) is 23.9 Å². The lowest BCUT2D eigenvalue weighted by atomic mass is 9.88. The summed E-state index contributed by atoms with van der Waals surface area (Å²) in [6.07, 6.45) is 45.1. The lowest BCUT2D eigenvalue weighted by molar-refractivity contribution is -0.116. The zero-order valence-corrected chi connectivity index (χ0v) is 41.0. The van der Waals surface area contributed by atoms with E-state index < -0.39 is 0 Å². The molecule has 0 atom stereocenters. The van der Waals surface area contributed by atoms with Gasteiger partial charge in [-0.3, -0.25) is 4.79 Å². The van der Waals surface area contributed by atoms with Crippen molar-refractivity contribution in [3.63, 3.8) is 0 Å². The molecule has 1 fully saturated rings. The normalized spacial score (nSPS) is 15.8. The predicted molar refractivity (Wildman–Crippen MR) is 268 cm³/mol. The van der Waals surface area contributed by atoms with Crippen molar-refractivity contribution in [2.24, 2.45) is 0 Å². The summed E-state index contributed by atoms with van der Waals surface area (Å²) in [5, 5.41) is 5.42. The van der Waals surface area contributed by atoms with Crippen molar-refractivity contribution >= 4 is 44.2 Å². The summed E-state index contributed by atoms with van der Waals surface area (Å²) in [7, 11) is 2.41. The van der Waals surface area contributed by atoms with Crippen molar-refractivity contribution in [1.82, 2.24) is 19.8 Å². The maximum Gasteiger partial charge on any atom is 0.225 e. The van der Waals surface area contributed by atoms with Crippen LogP contribution in [-0.4, -0.2) is 64.4 Å². The summed E-state index contributed by atoms with van der Waals surface area (Å²) >= 11 is 1.75. The van der Waals surface area contributed by atoms with Crippen LogP contribution in [0.5, 0.6) is 0 Å². The summed E-state index contributed by atoms with van der Waals surface area (Å²) in [4.78, 5) is 28.7. The molecular formula is C54H93N5OS. The van der Waals surface area contributed by atoms with E-state index in [0.29, 0.717) is 12.2 Å². The Labute approximate surface area is 379 Å². The minimum Gasteiger partial charge on any atom is -0.309 e. The standard InChI is InChI=1S/C54H93N5OS/c1-5-8-10-12-14-16-18-20-22-24-26-32-43-58(4)46-39-41-47(42-40-46)59(44-33-27-25-23-21-19-17-15-13-11-9-6-2)45-34-28-29-38-50(60)56-54-52-53(61-51(57-52)35-7-3)48-36-30-31-37-49(48)55-54/h30-31,36-37,46-47H,5-29,32-35,38-45H2,1-4H3,(H,55,56,60)/t46-,47+. The van der Waals surface area contributed by atoms with Crippen LogP contribution in [0.3, 0.4) is 0 Å². The first kappa shape index (κ1) is 51.5. The number of nitrogens with zero attached hydrogens (tertiary/aromatic N) is 4. The van der Waals surface area contributed by atoms with E-state index in [0.717, 1.165) is 63.9 Å². The molecule has 4 rings (SSSR count). The molecule has 3 aromatic rings. The molecule has 0 bridgehead atoms. The summed E-state index contributed by atoms with van der Waals surface area (Å²) in [5.74, 6) is 0.689. The van der Waals surface area contributed by atoms with Crippen LogP contribution in [0.25, 0.3) is 21.1 Å². The van der Waals surface area contributed by atoms with Crippen LogP contribution in [0.1, 0.15) is 238 Å². The first-order chi connectivity index (χ1) is 30.0. The minimum absolute atomic E-state index is 0.0633. The summed E-state index contributed by atoms with van der Waals surface area (Å²) in [6, 6.07) is 9.73. The van der Waals surface area contributed by atoms with Crippen molar-refractivity contribution in [2.45, 2.75) is 251 Å². The Morgan fingerprint density at radius 3 is 1.61 bits per heavy atom. The average Bonchev–Trinajstić information content (AvgIpc) is 3.71. The van der Waals surface area contributed by atoms with Crippen molar-refractivity contribution in [1.29, 1.82) is 0 Å². The molecule has 6 nitrogen and oxygen atoms in total. The highest BCUT2D eigenvalue weighted by molar-refractivity contribution is 7.19. The minimum atomic E-state index is 0.0633. The van der Waals surface area contributed by atoms with Crippen LogP contribution in [0.2, 0.25) is 0 Å².